The molecule has 0 spiro atoms. The maximum Gasteiger partial charge on any atom is 0.142 e. The minimum Gasteiger partial charge on any atom is -0.182 e. The third-order valence-corrected chi connectivity index (χ3v) is 3.70. The van der Waals surface area contributed by atoms with Gasteiger partial charge in [-0.25, -0.2) is 0 Å². The highest BCUT2D eigenvalue weighted by atomic mass is 16.8. The summed E-state index contributed by atoms with van der Waals surface area (Å²) in [6, 6.07) is 0. The van der Waals surface area contributed by atoms with E-state index in [1.54, 1.807) is 0 Å². The molecular formula is C16H36NO2+. The predicted octanol–water partition coefficient (Wildman–Crippen LogP) is 5.30. The molecule has 0 aliphatic heterocycles. The largest absolute Gasteiger partial charge is 0.182 e. The number of hydrogen-bond donors (Lipinski definition) is 2. The molecule has 0 aromatic rings. The highest BCUT2D eigenvalue weighted by Crippen LogP contribution is 2.12. The molecule has 2 N–H and O–H groups in total. The lowest BCUT2D eigenvalue weighted by Gasteiger charge is -2.20. The number of nitrogens with zero attached hydrogens (tertiary/aromatic N) is 1. The molecule has 0 radical (unpaired) electrons. The molecule has 0 saturated carbocycles. The lowest BCUT2D eigenvalue weighted by atomic mass is 10.1. The van der Waals surface area contributed by atoms with Crippen LogP contribution in [0.25, 0.3) is 0 Å². The van der Waals surface area contributed by atoms with E-state index < -0.39 is 4.81 Å². The van der Waals surface area contributed by atoms with Gasteiger partial charge in [-0.1, -0.05) is 71.6 Å². The number of unbranched alkanes of at least 4 members (excludes halogenated alkanes) is 10. The normalized spacial score (nSPS) is 12.0. The monoisotopic (exact) mass is 274 g/mol. The average molecular weight is 274 g/mol. The summed E-state index contributed by atoms with van der Waals surface area (Å²) in [4.78, 5) is -0.784. The molecule has 0 aliphatic rings. The van der Waals surface area contributed by atoms with Crippen molar-refractivity contribution in [1.82, 2.24) is 0 Å². The fraction of sp³-hybridized carbons (Fsp3) is 1.00. The van der Waals surface area contributed by atoms with Crippen LogP contribution >= 0.6 is 0 Å². The number of hydrogen-bond acceptors (Lipinski definition) is 2. The van der Waals surface area contributed by atoms with E-state index in [-0.39, 0.29) is 0 Å². The molecule has 0 fully saturated rings. The van der Waals surface area contributed by atoms with Crippen molar-refractivity contribution in [3.63, 3.8) is 0 Å². The van der Waals surface area contributed by atoms with E-state index in [0.29, 0.717) is 13.1 Å². The summed E-state index contributed by atoms with van der Waals surface area (Å²) in [6.45, 7) is 5.15. The maximum absolute atomic E-state index is 9.55. The van der Waals surface area contributed by atoms with Crippen molar-refractivity contribution >= 4 is 0 Å². The Morgan fingerprint density at radius 3 is 1.37 bits per heavy atom. The van der Waals surface area contributed by atoms with Crippen LogP contribution in [0.2, 0.25) is 0 Å². The molecule has 3 nitrogen and oxygen atoms in total. The first-order valence-corrected chi connectivity index (χ1v) is 8.45. The SMILES string of the molecule is CCCCCCCCCCCCC[N+](O)(O)CCC. The molecule has 0 bridgehead atoms. The minimum atomic E-state index is -0.784. The predicted molar refractivity (Wildman–Crippen MR) is 80.3 cm³/mol. The van der Waals surface area contributed by atoms with Gasteiger partial charge in [0.2, 0.25) is 0 Å². The van der Waals surface area contributed by atoms with Crippen molar-refractivity contribution in [1.29, 1.82) is 0 Å². The van der Waals surface area contributed by atoms with Gasteiger partial charge >= 0.3 is 0 Å². The Balaban J connectivity index is 3.14. The number of rotatable bonds is 14. The first-order valence-electron chi connectivity index (χ1n) is 8.45. The number of quaternary nitrogens is 1. The molecule has 0 unspecified atom stereocenters. The second-order valence-electron chi connectivity index (χ2n) is 5.86. The summed E-state index contributed by atoms with van der Waals surface area (Å²) in [5.74, 6) is 0. The van der Waals surface area contributed by atoms with E-state index >= 15 is 0 Å². The molecule has 116 valence electrons. The zero-order valence-corrected chi connectivity index (χ0v) is 13.2. The number of hydroxylamine groups is 4. The minimum absolute atomic E-state index is 0.442. The van der Waals surface area contributed by atoms with E-state index in [2.05, 4.69) is 6.92 Å². The van der Waals surface area contributed by atoms with Gasteiger partial charge in [-0.2, -0.15) is 10.4 Å². The summed E-state index contributed by atoms with van der Waals surface area (Å²) in [7, 11) is 0. The Kier molecular flexibility index (Phi) is 12.8. The summed E-state index contributed by atoms with van der Waals surface area (Å²) >= 11 is 0. The lowest BCUT2D eigenvalue weighted by Crippen LogP contribution is -2.42. The van der Waals surface area contributed by atoms with Gasteiger partial charge in [-0.15, -0.1) is 0 Å². The molecule has 3 heteroatoms. The molecule has 0 aliphatic carbocycles. The molecule has 0 saturated heterocycles. The molecule has 19 heavy (non-hydrogen) atoms. The van der Waals surface area contributed by atoms with Crippen molar-refractivity contribution in [2.45, 2.75) is 90.9 Å². The van der Waals surface area contributed by atoms with Gasteiger partial charge in [0.1, 0.15) is 13.1 Å². The molecule has 0 heterocycles. The van der Waals surface area contributed by atoms with Crippen LogP contribution in [0.15, 0.2) is 0 Å². The van der Waals surface area contributed by atoms with Gasteiger partial charge in [0, 0.05) is 6.42 Å². The van der Waals surface area contributed by atoms with Crippen LogP contribution in [0, 0.1) is 0 Å². The first kappa shape index (κ1) is 18.9. The Labute approximate surface area is 120 Å². The standard InChI is InChI=1S/C16H36NO2/c1-3-5-6-7-8-9-10-11-12-13-14-16-17(18,19)15-4-2/h18-19H,3-16H2,1-2H3/q+1. The molecular weight excluding hydrogens is 238 g/mol. The zero-order valence-electron chi connectivity index (χ0n) is 13.2. The second-order valence-corrected chi connectivity index (χ2v) is 5.86. The summed E-state index contributed by atoms with van der Waals surface area (Å²) in [5, 5.41) is 19.1. The van der Waals surface area contributed by atoms with Crippen molar-refractivity contribution in [3.8, 4) is 0 Å². The van der Waals surface area contributed by atoms with Crippen molar-refractivity contribution in [2.24, 2.45) is 0 Å². The van der Waals surface area contributed by atoms with Gasteiger partial charge in [0.25, 0.3) is 0 Å². The Bertz CT molecular complexity index is 184. The van der Waals surface area contributed by atoms with E-state index in [1.165, 1.54) is 57.8 Å². The van der Waals surface area contributed by atoms with Crippen LogP contribution in [0.4, 0.5) is 0 Å². The van der Waals surface area contributed by atoms with Crippen LogP contribution in [-0.2, 0) is 0 Å². The van der Waals surface area contributed by atoms with Gasteiger partial charge < -0.3 is 0 Å². The molecule has 0 aromatic carbocycles. The van der Waals surface area contributed by atoms with E-state index in [4.69, 9.17) is 0 Å². The van der Waals surface area contributed by atoms with Crippen LogP contribution in [0.3, 0.4) is 0 Å². The zero-order chi connectivity index (χ0) is 14.4. The Morgan fingerprint density at radius 1 is 0.526 bits per heavy atom. The second kappa shape index (κ2) is 12.9. The molecule has 0 rings (SSSR count). The highest BCUT2D eigenvalue weighted by molar-refractivity contribution is 4.47. The van der Waals surface area contributed by atoms with E-state index in [9.17, 15) is 10.4 Å². The summed E-state index contributed by atoms with van der Waals surface area (Å²) in [6.07, 6.45) is 15.0. The van der Waals surface area contributed by atoms with Gasteiger partial charge in [0.05, 0.1) is 0 Å². The molecule has 0 atom stereocenters. The highest BCUT2D eigenvalue weighted by Gasteiger charge is 2.19. The fourth-order valence-electron chi connectivity index (χ4n) is 2.50. The fourth-order valence-corrected chi connectivity index (χ4v) is 2.50. The smallest absolute Gasteiger partial charge is 0.142 e. The van der Waals surface area contributed by atoms with Crippen LogP contribution in [0.1, 0.15) is 90.9 Å². The van der Waals surface area contributed by atoms with Crippen molar-refractivity contribution in [3.05, 3.63) is 0 Å². The Morgan fingerprint density at radius 2 is 0.947 bits per heavy atom. The molecule has 0 amide bonds. The topological polar surface area (TPSA) is 40.5 Å². The van der Waals surface area contributed by atoms with E-state index in [1.807, 2.05) is 6.92 Å². The summed E-state index contributed by atoms with van der Waals surface area (Å²) in [5.41, 5.74) is 0. The van der Waals surface area contributed by atoms with Crippen LogP contribution in [0.5, 0.6) is 0 Å². The van der Waals surface area contributed by atoms with Crippen molar-refractivity contribution in [2.75, 3.05) is 13.1 Å². The quantitative estimate of drug-likeness (QED) is 0.256. The third-order valence-electron chi connectivity index (χ3n) is 3.70. The first-order chi connectivity index (χ1) is 9.12. The van der Waals surface area contributed by atoms with Gasteiger partial charge in [-0.05, 0) is 17.7 Å². The lowest BCUT2D eigenvalue weighted by molar-refractivity contribution is -1.24. The van der Waals surface area contributed by atoms with Gasteiger partial charge in [0.15, 0.2) is 0 Å². The maximum atomic E-state index is 9.55. The molecule has 0 aromatic heterocycles. The average Bonchev–Trinajstić information content (AvgIpc) is 2.36. The third kappa shape index (κ3) is 14.1. The Hall–Kier alpha value is -0.120. The van der Waals surface area contributed by atoms with Crippen molar-refractivity contribution < 1.29 is 15.2 Å². The van der Waals surface area contributed by atoms with Crippen LogP contribution in [-0.4, -0.2) is 28.3 Å². The van der Waals surface area contributed by atoms with E-state index in [0.717, 1.165) is 19.3 Å². The summed E-state index contributed by atoms with van der Waals surface area (Å²) < 4.78 is 0. The van der Waals surface area contributed by atoms with Gasteiger partial charge in [-0.3, -0.25) is 0 Å². The van der Waals surface area contributed by atoms with Crippen LogP contribution < -0.4 is 0 Å².